The Morgan fingerprint density at radius 3 is 2.68 bits per heavy atom. The molecule has 1 aromatic rings. The number of hydrogen-bond acceptors (Lipinski definition) is 4. The lowest BCUT2D eigenvalue weighted by Gasteiger charge is -2.08. The number of urea groups is 1. The zero-order chi connectivity index (χ0) is 16.1. The van der Waals surface area contributed by atoms with Crippen molar-refractivity contribution in [2.45, 2.75) is 12.8 Å². The van der Waals surface area contributed by atoms with E-state index in [2.05, 4.69) is 26.6 Å². The molecular formula is C14H13BrN2O5. The van der Waals surface area contributed by atoms with Crippen molar-refractivity contribution in [3.63, 3.8) is 0 Å². The molecule has 0 radical (unpaired) electrons. The van der Waals surface area contributed by atoms with Gasteiger partial charge in [-0.1, -0.05) is 6.07 Å². The van der Waals surface area contributed by atoms with Crippen LogP contribution in [-0.4, -0.2) is 29.6 Å². The Hall–Kier alpha value is -2.35. The van der Waals surface area contributed by atoms with Gasteiger partial charge in [-0.2, -0.15) is 0 Å². The van der Waals surface area contributed by atoms with Crippen LogP contribution in [0.15, 0.2) is 28.4 Å². The predicted octanol–water partition coefficient (Wildman–Crippen LogP) is 1.87. The second kappa shape index (κ2) is 7.08. The second-order valence-electron chi connectivity index (χ2n) is 4.50. The first-order chi connectivity index (χ1) is 10.5. The van der Waals surface area contributed by atoms with Crippen molar-refractivity contribution in [3.8, 4) is 5.75 Å². The number of benzene rings is 1. The number of carbonyl (C=O) groups is 3. The highest BCUT2D eigenvalue weighted by Crippen LogP contribution is 2.27. The number of hydrogen-bond donors (Lipinski definition) is 3. The van der Waals surface area contributed by atoms with E-state index in [9.17, 15) is 14.4 Å². The Bertz CT molecular complexity index is 657. The molecule has 2 rings (SSSR count). The molecule has 3 amide bonds. The molecule has 22 heavy (non-hydrogen) atoms. The molecule has 1 saturated heterocycles. The molecule has 0 bridgehead atoms. The zero-order valence-electron chi connectivity index (χ0n) is 11.4. The fourth-order valence-electron chi connectivity index (χ4n) is 1.78. The van der Waals surface area contributed by atoms with Crippen molar-refractivity contribution in [1.29, 1.82) is 0 Å². The Morgan fingerprint density at radius 2 is 2.09 bits per heavy atom. The standard InChI is InChI=1S/C14H13BrN2O5/c15-9-6-8(7-10-13(20)17-14(21)16-10)3-4-11(9)22-5-1-2-12(18)19/h3-4,6-7H,1-2,5H2,(H,18,19)(H2,16,17,20,21)/b10-7-. The number of carboxylic acid groups (broad SMARTS) is 1. The number of imide groups is 1. The maximum absolute atomic E-state index is 11.4. The number of halogens is 1. The molecule has 1 heterocycles. The number of carboxylic acids is 1. The highest BCUT2D eigenvalue weighted by Gasteiger charge is 2.22. The fraction of sp³-hybridized carbons (Fsp3) is 0.214. The predicted molar refractivity (Wildman–Crippen MR) is 81.2 cm³/mol. The van der Waals surface area contributed by atoms with Crippen LogP contribution in [0.3, 0.4) is 0 Å². The normalized spacial score (nSPS) is 15.6. The van der Waals surface area contributed by atoms with Gasteiger partial charge in [0.05, 0.1) is 11.1 Å². The lowest BCUT2D eigenvalue weighted by atomic mass is 10.2. The van der Waals surface area contributed by atoms with Crippen molar-refractivity contribution in [2.24, 2.45) is 0 Å². The average Bonchev–Trinajstić information content (AvgIpc) is 2.74. The van der Waals surface area contributed by atoms with Crippen molar-refractivity contribution < 1.29 is 24.2 Å². The number of amides is 3. The molecule has 116 valence electrons. The summed E-state index contributed by atoms with van der Waals surface area (Å²) in [5.41, 5.74) is 0.879. The van der Waals surface area contributed by atoms with Gasteiger partial charge < -0.3 is 15.2 Å². The van der Waals surface area contributed by atoms with Gasteiger partial charge in [0.25, 0.3) is 5.91 Å². The Kier molecular flexibility index (Phi) is 5.16. The maximum Gasteiger partial charge on any atom is 0.326 e. The minimum atomic E-state index is -0.860. The Morgan fingerprint density at radius 1 is 1.32 bits per heavy atom. The quantitative estimate of drug-likeness (QED) is 0.403. The smallest absolute Gasteiger partial charge is 0.326 e. The van der Waals surface area contributed by atoms with Crippen molar-refractivity contribution in [1.82, 2.24) is 10.6 Å². The summed E-state index contributed by atoms with van der Waals surface area (Å²) in [6.07, 6.45) is 2.01. The van der Waals surface area contributed by atoms with Crippen molar-refractivity contribution in [3.05, 3.63) is 33.9 Å². The number of aliphatic carboxylic acids is 1. The molecule has 8 heteroatoms. The molecule has 0 unspecified atom stereocenters. The van der Waals surface area contributed by atoms with E-state index in [1.54, 1.807) is 24.3 Å². The van der Waals surface area contributed by atoms with E-state index >= 15 is 0 Å². The van der Waals surface area contributed by atoms with Crippen LogP contribution in [0.25, 0.3) is 6.08 Å². The van der Waals surface area contributed by atoms with Gasteiger partial charge in [-0.25, -0.2) is 4.79 Å². The Labute approximate surface area is 134 Å². The Balaban J connectivity index is 2.00. The van der Waals surface area contributed by atoms with Crippen molar-refractivity contribution in [2.75, 3.05) is 6.61 Å². The third-order valence-electron chi connectivity index (χ3n) is 2.78. The van der Waals surface area contributed by atoms with Gasteiger partial charge in [0.1, 0.15) is 11.4 Å². The van der Waals surface area contributed by atoms with Gasteiger partial charge in [0.2, 0.25) is 0 Å². The molecule has 7 nitrogen and oxygen atoms in total. The molecule has 1 fully saturated rings. The first kappa shape index (κ1) is 16.0. The molecule has 1 aliphatic rings. The summed E-state index contributed by atoms with van der Waals surface area (Å²) in [6.45, 7) is 0.295. The monoisotopic (exact) mass is 368 g/mol. The van der Waals surface area contributed by atoms with E-state index in [1.165, 1.54) is 0 Å². The van der Waals surface area contributed by atoms with Crippen LogP contribution in [0.1, 0.15) is 18.4 Å². The molecule has 0 aliphatic carbocycles. The van der Waals surface area contributed by atoms with Crippen LogP contribution in [0, 0.1) is 0 Å². The zero-order valence-corrected chi connectivity index (χ0v) is 13.0. The lowest BCUT2D eigenvalue weighted by Crippen LogP contribution is -2.22. The summed E-state index contributed by atoms with van der Waals surface area (Å²) in [5, 5.41) is 13.1. The van der Waals surface area contributed by atoms with E-state index in [1.807, 2.05) is 0 Å². The summed E-state index contributed by atoms with van der Waals surface area (Å²) < 4.78 is 6.14. The van der Waals surface area contributed by atoms with Crippen molar-refractivity contribution >= 4 is 39.9 Å². The van der Waals surface area contributed by atoms with Gasteiger partial charge in [0.15, 0.2) is 0 Å². The summed E-state index contributed by atoms with van der Waals surface area (Å²) in [7, 11) is 0. The summed E-state index contributed by atoms with van der Waals surface area (Å²) in [4.78, 5) is 32.8. The van der Waals surface area contributed by atoms with Gasteiger partial charge >= 0.3 is 12.0 Å². The van der Waals surface area contributed by atoms with Crippen LogP contribution in [0.5, 0.6) is 5.75 Å². The van der Waals surface area contributed by atoms with Crippen LogP contribution in [0.2, 0.25) is 0 Å². The second-order valence-corrected chi connectivity index (χ2v) is 5.36. The number of carbonyl (C=O) groups excluding carboxylic acids is 2. The summed E-state index contributed by atoms with van der Waals surface area (Å²) >= 11 is 3.35. The summed E-state index contributed by atoms with van der Waals surface area (Å²) in [6, 6.07) is 4.61. The van der Waals surface area contributed by atoms with E-state index in [0.29, 0.717) is 28.8 Å². The lowest BCUT2D eigenvalue weighted by molar-refractivity contribution is -0.137. The number of ether oxygens (including phenoxy) is 1. The molecule has 3 N–H and O–H groups in total. The highest BCUT2D eigenvalue weighted by molar-refractivity contribution is 9.10. The molecule has 1 aliphatic heterocycles. The molecule has 0 aromatic heterocycles. The third-order valence-corrected chi connectivity index (χ3v) is 3.40. The topological polar surface area (TPSA) is 105 Å². The van der Waals surface area contributed by atoms with E-state index < -0.39 is 17.9 Å². The highest BCUT2D eigenvalue weighted by atomic mass is 79.9. The van der Waals surface area contributed by atoms with Gasteiger partial charge in [-0.05, 0) is 46.1 Å². The first-order valence-corrected chi connectivity index (χ1v) is 7.23. The van der Waals surface area contributed by atoms with Gasteiger partial charge in [-0.15, -0.1) is 0 Å². The van der Waals surface area contributed by atoms with Crippen LogP contribution >= 0.6 is 15.9 Å². The van der Waals surface area contributed by atoms with Crippen LogP contribution in [-0.2, 0) is 9.59 Å². The SMILES string of the molecule is O=C(O)CCCOc1ccc(/C=C2\NC(=O)NC2=O)cc1Br. The molecular weight excluding hydrogens is 356 g/mol. The molecule has 0 saturated carbocycles. The van der Waals surface area contributed by atoms with E-state index in [4.69, 9.17) is 9.84 Å². The molecule has 0 atom stereocenters. The van der Waals surface area contributed by atoms with Gasteiger partial charge in [-0.3, -0.25) is 14.9 Å². The van der Waals surface area contributed by atoms with E-state index in [-0.39, 0.29) is 12.1 Å². The first-order valence-electron chi connectivity index (χ1n) is 6.44. The largest absolute Gasteiger partial charge is 0.492 e. The molecule has 1 aromatic carbocycles. The van der Waals surface area contributed by atoms with E-state index in [0.717, 1.165) is 0 Å². The fourth-order valence-corrected chi connectivity index (χ4v) is 2.29. The summed E-state index contributed by atoms with van der Waals surface area (Å²) in [5.74, 6) is -0.760. The van der Waals surface area contributed by atoms with Crippen LogP contribution < -0.4 is 15.4 Å². The minimum absolute atomic E-state index is 0.0522. The molecule has 0 spiro atoms. The van der Waals surface area contributed by atoms with Crippen LogP contribution in [0.4, 0.5) is 4.79 Å². The maximum atomic E-state index is 11.4. The minimum Gasteiger partial charge on any atom is -0.492 e. The number of rotatable bonds is 6. The van der Waals surface area contributed by atoms with Gasteiger partial charge in [0, 0.05) is 6.42 Å². The number of nitrogens with one attached hydrogen (secondary N) is 2. The third kappa shape index (κ3) is 4.32. The average molecular weight is 369 g/mol.